The molecule has 0 spiro atoms. The van der Waals surface area contributed by atoms with E-state index in [0.29, 0.717) is 6.04 Å². The third-order valence-corrected chi connectivity index (χ3v) is 2.23. The summed E-state index contributed by atoms with van der Waals surface area (Å²) in [6.45, 7) is 3.33. The van der Waals surface area contributed by atoms with E-state index >= 15 is 0 Å². The van der Waals surface area contributed by atoms with E-state index in [1.165, 1.54) is 12.8 Å². The minimum atomic E-state index is 0.422. The molecule has 1 rings (SSSR count). The number of likely N-dealkylation sites (tertiary alicyclic amines) is 1. The predicted octanol–water partition coefficient (Wildman–Crippen LogP) is 0.428. The molecule has 1 saturated heterocycles. The van der Waals surface area contributed by atoms with Crippen molar-refractivity contribution in [3.8, 4) is 0 Å². The zero-order chi connectivity index (χ0) is 6.85. The van der Waals surface area contributed by atoms with Crippen molar-refractivity contribution < 1.29 is 0 Å². The van der Waals surface area contributed by atoms with Crippen LogP contribution in [0.25, 0.3) is 0 Å². The van der Waals surface area contributed by atoms with Crippen LogP contribution < -0.4 is 5.73 Å². The third-order valence-electron chi connectivity index (χ3n) is 2.23. The summed E-state index contributed by atoms with van der Waals surface area (Å²) in [4.78, 5) is 2.33. The summed E-state index contributed by atoms with van der Waals surface area (Å²) in [5.41, 5.74) is 5.75. The second-order valence-corrected chi connectivity index (χ2v) is 3.13. The molecule has 2 nitrogen and oxygen atoms in total. The van der Waals surface area contributed by atoms with Crippen molar-refractivity contribution in [1.82, 2.24) is 4.90 Å². The first-order chi connectivity index (χ1) is 4.20. The number of nitrogens with two attached hydrogens (primary N) is 1. The van der Waals surface area contributed by atoms with Gasteiger partial charge in [0.05, 0.1) is 0 Å². The van der Waals surface area contributed by atoms with Gasteiger partial charge >= 0.3 is 0 Å². The molecule has 0 aromatic carbocycles. The fourth-order valence-corrected chi connectivity index (χ4v) is 1.32. The van der Waals surface area contributed by atoms with Gasteiger partial charge in [0.25, 0.3) is 0 Å². The standard InChI is InChI=1S/C7H16N2/c1-6-3-4-7(8)5-9(6)2/h6-7H,3-5,8H2,1-2H3/t6-,7+/m0/s1. The molecular weight excluding hydrogens is 112 g/mol. The van der Waals surface area contributed by atoms with E-state index in [1.54, 1.807) is 0 Å². The fraction of sp³-hybridized carbons (Fsp3) is 1.00. The minimum absolute atomic E-state index is 0.422. The molecule has 0 amide bonds. The zero-order valence-electron chi connectivity index (χ0n) is 6.30. The maximum atomic E-state index is 5.75. The summed E-state index contributed by atoms with van der Waals surface area (Å²) in [6, 6.07) is 1.16. The predicted molar refractivity (Wildman–Crippen MR) is 39.3 cm³/mol. The van der Waals surface area contributed by atoms with E-state index in [2.05, 4.69) is 18.9 Å². The summed E-state index contributed by atoms with van der Waals surface area (Å²) in [7, 11) is 2.14. The van der Waals surface area contributed by atoms with Crippen molar-refractivity contribution in [3.63, 3.8) is 0 Å². The number of rotatable bonds is 0. The van der Waals surface area contributed by atoms with Gasteiger partial charge in [-0.05, 0) is 26.8 Å². The topological polar surface area (TPSA) is 29.3 Å². The molecule has 2 N–H and O–H groups in total. The van der Waals surface area contributed by atoms with Gasteiger partial charge in [-0.1, -0.05) is 0 Å². The number of hydrogen-bond acceptors (Lipinski definition) is 2. The van der Waals surface area contributed by atoms with Gasteiger partial charge in [0.1, 0.15) is 0 Å². The highest BCUT2D eigenvalue weighted by Gasteiger charge is 2.18. The Hall–Kier alpha value is -0.0800. The Balaban J connectivity index is 2.35. The quantitative estimate of drug-likeness (QED) is 0.512. The van der Waals surface area contributed by atoms with Gasteiger partial charge in [-0.25, -0.2) is 0 Å². The molecule has 0 radical (unpaired) electrons. The maximum Gasteiger partial charge on any atom is 0.0168 e. The van der Waals surface area contributed by atoms with Crippen LogP contribution in [0.5, 0.6) is 0 Å². The lowest BCUT2D eigenvalue weighted by molar-refractivity contribution is 0.182. The SMILES string of the molecule is C[C@H]1CC[C@@H](N)CN1C. The van der Waals surface area contributed by atoms with Gasteiger partial charge in [-0.15, -0.1) is 0 Å². The molecule has 1 aliphatic rings. The maximum absolute atomic E-state index is 5.75. The average molecular weight is 128 g/mol. The molecular formula is C7H16N2. The molecule has 1 aliphatic heterocycles. The van der Waals surface area contributed by atoms with Crippen LogP contribution in [0.3, 0.4) is 0 Å². The van der Waals surface area contributed by atoms with Crippen LogP contribution >= 0.6 is 0 Å². The Morgan fingerprint density at radius 1 is 1.44 bits per heavy atom. The first-order valence-electron chi connectivity index (χ1n) is 3.66. The van der Waals surface area contributed by atoms with Gasteiger partial charge < -0.3 is 10.6 Å². The van der Waals surface area contributed by atoms with E-state index in [4.69, 9.17) is 5.73 Å². The van der Waals surface area contributed by atoms with Gasteiger partial charge in [0, 0.05) is 18.6 Å². The fourth-order valence-electron chi connectivity index (χ4n) is 1.32. The van der Waals surface area contributed by atoms with Crippen LogP contribution in [-0.4, -0.2) is 30.6 Å². The van der Waals surface area contributed by atoms with E-state index < -0.39 is 0 Å². The van der Waals surface area contributed by atoms with E-state index in [1.807, 2.05) is 0 Å². The monoisotopic (exact) mass is 128 g/mol. The first-order valence-corrected chi connectivity index (χ1v) is 3.66. The van der Waals surface area contributed by atoms with Crippen LogP contribution in [0, 0.1) is 0 Å². The summed E-state index contributed by atoms with van der Waals surface area (Å²) >= 11 is 0. The largest absolute Gasteiger partial charge is 0.327 e. The zero-order valence-corrected chi connectivity index (χ0v) is 6.30. The smallest absolute Gasteiger partial charge is 0.0168 e. The molecule has 0 aromatic rings. The summed E-state index contributed by atoms with van der Waals surface area (Å²) in [5, 5.41) is 0. The lowest BCUT2D eigenvalue weighted by atomic mass is 10.0. The van der Waals surface area contributed by atoms with Gasteiger partial charge in [0.15, 0.2) is 0 Å². The van der Waals surface area contributed by atoms with E-state index in [9.17, 15) is 0 Å². The molecule has 0 saturated carbocycles. The highest BCUT2D eigenvalue weighted by atomic mass is 15.1. The molecule has 1 fully saturated rings. The van der Waals surface area contributed by atoms with Crippen molar-refractivity contribution in [1.29, 1.82) is 0 Å². The molecule has 0 aliphatic carbocycles. The Labute approximate surface area is 57.0 Å². The molecule has 0 aromatic heterocycles. The average Bonchev–Trinajstić information content (AvgIpc) is 1.80. The number of nitrogens with zero attached hydrogens (tertiary/aromatic N) is 1. The second-order valence-electron chi connectivity index (χ2n) is 3.13. The Kier molecular flexibility index (Phi) is 2.09. The summed E-state index contributed by atoms with van der Waals surface area (Å²) < 4.78 is 0. The van der Waals surface area contributed by atoms with Crippen LogP contribution in [0.4, 0.5) is 0 Å². The lowest BCUT2D eigenvalue weighted by Crippen LogP contribution is -2.45. The molecule has 1 heterocycles. The third kappa shape index (κ3) is 1.66. The van der Waals surface area contributed by atoms with Crippen LogP contribution in [0.1, 0.15) is 19.8 Å². The van der Waals surface area contributed by atoms with Crippen LogP contribution in [-0.2, 0) is 0 Å². The van der Waals surface area contributed by atoms with Crippen molar-refractivity contribution >= 4 is 0 Å². The Bertz CT molecular complexity index is 92.9. The van der Waals surface area contributed by atoms with Crippen LogP contribution in [0.2, 0.25) is 0 Å². The molecule has 9 heavy (non-hydrogen) atoms. The summed E-state index contributed by atoms with van der Waals surface area (Å²) in [6.07, 6.45) is 2.46. The van der Waals surface area contributed by atoms with Gasteiger partial charge in [-0.3, -0.25) is 0 Å². The molecule has 54 valence electrons. The van der Waals surface area contributed by atoms with Crippen LogP contribution in [0.15, 0.2) is 0 Å². The Morgan fingerprint density at radius 2 is 2.11 bits per heavy atom. The molecule has 0 bridgehead atoms. The first kappa shape index (κ1) is 7.03. The number of piperidine rings is 1. The lowest BCUT2D eigenvalue weighted by Gasteiger charge is -2.33. The summed E-state index contributed by atoms with van der Waals surface area (Å²) in [5.74, 6) is 0. The van der Waals surface area contributed by atoms with Gasteiger partial charge in [-0.2, -0.15) is 0 Å². The van der Waals surface area contributed by atoms with Crippen molar-refractivity contribution in [2.24, 2.45) is 5.73 Å². The van der Waals surface area contributed by atoms with Crippen molar-refractivity contribution in [2.45, 2.75) is 31.8 Å². The van der Waals surface area contributed by atoms with E-state index in [0.717, 1.165) is 12.6 Å². The van der Waals surface area contributed by atoms with E-state index in [-0.39, 0.29) is 0 Å². The molecule has 2 atom stereocenters. The number of likely N-dealkylation sites (N-methyl/N-ethyl adjacent to an activating group) is 1. The molecule has 2 heteroatoms. The Morgan fingerprint density at radius 3 is 2.56 bits per heavy atom. The van der Waals surface area contributed by atoms with Crippen molar-refractivity contribution in [3.05, 3.63) is 0 Å². The highest BCUT2D eigenvalue weighted by molar-refractivity contribution is 4.77. The minimum Gasteiger partial charge on any atom is -0.327 e. The second kappa shape index (κ2) is 2.67. The normalized spacial score (nSPS) is 39.0. The van der Waals surface area contributed by atoms with Gasteiger partial charge in [0.2, 0.25) is 0 Å². The molecule has 0 unspecified atom stereocenters. The number of hydrogen-bond donors (Lipinski definition) is 1. The van der Waals surface area contributed by atoms with Crippen molar-refractivity contribution in [2.75, 3.05) is 13.6 Å². The highest BCUT2D eigenvalue weighted by Crippen LogP contribution is 2.12.